The van der Waals surface area contributed by atoms with Crippen molar-refractivity contribution in [3.05, 3.63) is 41.0 Å². The molecule has 25 heavy (non-hydrogen) atoms. The monoisotopic (exact) mass is 344 g/mol. The van der Waals surface area contributed by atoms with E-state index in [0.29, 0.717) is 37.5 Å². The molecule has 3 rings (SSSR count). The van der Waals surface area contributed by atoms with Crippen LogP contribution in [0.25, 0.3) is 0 Å². The number of aryl methyl sites for hydroxylation is 1. The van der Waals surface area contributed by atoms with E-state index in [4.69, 9.17) is 4.74 Å². The molecule has 0 aliphatic carbocycles. The van der Waals surface area contributed by atoms with Crippen LogP contribution in [0.4, 0.5) is 0 Å². The normalized spacial score (nSPS) is 18.2. The zero-order chi connectivity index (χ0) is 18.0. The molecular formula is C18H24N4O3. The first kappa shape index (κ1) is 17.4. The molecule has 3 heterocycles. The first-order valence-corrected chi connectivity index (χ1v) is 8.55. The molecule has 0 saturated carbocycles. The number of Topliss-reactive ketones (excluding diaryl/α,β-unsaturated/α-hetero) is 1. The lowest BCUT2D eigenvalue weighted by Crippen LogP contribution is -2.39. The van der Waals surface area contributed by atoms with E-state index in [1.807, 2.05) is 35.7 Å². The molecule has 1 fully saturated rings. The van der Waals surface area contributed by atoms with E-state index in [9.17, 15) is 9.59 Å². The number of carbonyl (C=O) groups is 2. The van der Waals surface area contributed by atoms with Crippen LogP contribution < -0.4 is 0 Å². The highest BCUT2D eigenvalue weighted by Crippen LogP contribution is 2.21. The first-order valence-electron chi connectivity index (χ1n) is 8.55. The maximum atomic E-state index is 13.1. The van der Waals surface area contributed by atoms with Crippen molar-refractivity contribution in [2.75, 3.05) is 19.7 Å². The highest BCUT2D eigenvalue weighted by molar-refractivity contribution is 6.02. The SMILES string of the molecule is CC(=O)c1[nH]c(C)c(C(=O)N2CCCO[C@H](Cn3cccn3)C2)c1C. The predicted octanol–water partition coefficient (Wildman–Crippen LogP) is 1.96. The third-order valence-electron chi connectivity index (χ3n) is 4.59. The van der Waals surface area contributed by atoms with Gasteiger partial charge in [0, 0.05) is 44.7 Å². The van der Waals surface area contributed by atoms with Crippen LogP contribution >= 0.6 is 0 Å². The van der Waals surface area contributed by atoms with Crippen molar-refractivity contribution in [1.29, 1.82) is 0 Å². The Hall–Kier alpha value is -2.41. The van der Waals surface area contributed by atoms with Crippen molar-refractivity contribution in [3.8, 4) is 0 Å². The van der Waals surface area contributed by atoms with Crippen LogP contribution in [0, 0.1) is 13.8 Å². The molecule has 1 amide bonds. The first-order chi connectivity index (χ1) is 12.0. The van der Waals surface area contributed by atoms with E-state index in [0.717, 1.165) is 17.7 Å². The van der Waals surface area contributed by atoms with Crippen molar-refractivity contribution in [1.82, 2.24) is 19.7 Å². The van der Waals surface area contributed by atoms with Gasteiger partial charge in [-0.25, -0.2) is 0 Å². The third-order valence-corrected chi connectivity index (χ3v) is 4.59. The lowest BCUT2D eigenvalue weighted by atomic mass is 10.1. The largest absolute Gasteiger partial charge is 0.374 e. The Kier molecular flexibility index (Phi) is 5.03. The van der Waals surface area contributed by atoms with Crippen LogP contribution in [0.2, 0.25) is 0 Å². The molecule has 2 aromatic heterocycles. The molecule has 1 aliphatic rings. The number of hydrogen-bond acceptors (Lipinski definition) is 4. The molecule has 0 spiro atoms. The van der Waals surface area contributed by atoms with Gasteiger partial charge in [0.05, 0.1) is 23.9 Å². The smallest absolute Gasteiger partial charge is 0.256 e. The summed E-state index contributed by atoms with van der Waals surface area (Å²) >= 11 is 0. The summed E-state index contributed by atoms with van der Waals surface area (Å²) in [5.74, 6) is -0.106. The van der Waals surface area contributed by atoms with Gasteiger partial charge >= 0.3 is 0 Å². The lowest BCUT2D eigenvalue weighted by Gasteiger charge is -2.24. The van der Waals surface area contributed by atoms with Gasteiger partial charge in [-0.2, -0.15) is 5.10 Å². The molecule has 1 N–H and O–H groups in total. The maximum absolute atomic E-state index is 13.1. The highest BCUT2D eigenvalue weighted by atomic mass is 16.5. The van der Waals surface area contributed by atoms with Gasteiger partial charge in [0.1, 0.15) is 0 Å². The van der Waals surface area contributed by atoms with Crippen molar-refractivity contribution in [2.24, 2.45) is 0 Å². The van der Waals surface area contributed by atoms with Crippen LogP contribution in [0.3, 0.4) is 0 Å². The molecule has 1 saturated heterocycles. The Morgan fingerprint density at radius 2 is 2.20 bits per heavy atom. The number of H-pyrrole nitrogens is 1. The summed E-state index contributed by atoms with van der Waals surface area (Å²) in [4.78, 5) is 29.7. The minimum absolute atomic E-state index is 0.0466. The fourth-order valence-corrected chi connectivity index (χ4v) is 3.39. The van der Waals surface area contributed by atoms with E-state index in [2.05, 4.69) is 10.1 Å². The van der Waals surface area contributed by atoms with E-state index in [1.54, 1.807) is 6.20 Å². The molecule has 1 aliphatic heterocycles. The molecule has 2 aromatic rings. The Labute approximate surface area is 147 Å². The number of carbonyl (C=O) groups excluding carboxylic acids is 2. The number of aromatic nitrogens is 3. The van der Waals surface area contributed by atoms with Gasteiger partial charge < -0.3 is 14.6 Å². The molecule has 7 heteroatoms. The summed E-state index contributed by atoms with van der Waals surface area (Å²) in [7, 11) is 0. The zero-order valence-electron chi connectivity index (χ0n) is 14.9. The molecule has 0 aromatic carbocycles. The minimum Gasteiger partial charge on any atom is -0.374 e. The van der Waals surface area contributed by atoms with E-state index < -0.39 is 0 Å². The number of hydrogen-bond donors (Lipinski definition) is 1. The average Bonchev–Trinajstić information content (AvgIpc) is 3.09. The average molecular weight is 344 g/mol. The van der Waals surface area contributed by atoms with Gasteiger partial charge in [0.25, 0.3) is 5.91 Å². The van der Waals surface area contributed by atoms with Crippen molar-refractivity contribution in [3.63, 3.8) is 0 Å². The Morgan fingerprint density at radius 1 is 1.40 bits per heavy atom. The van der Waals surface area contributed by atoms with Gasteiger partial charge in [-0.1, -0.05) is 0 Å². The third kappa shape index (κ3) is 3.66. The minimum atomic E-state index is -0.0989. The second-order valence-corrected chi connectivity index (χ2v) is 6.51. The molecular weight excluding hydrogens is 320 g/mol. The van der Waals surface area contributed by atoms with Crippen LogP contribution in [-0.4, -0.2) is 57.2 Å². The zero-order valence-corrected chi connectivity index (χ0v) is 14.9. The maximum Gasteiger partial charge on any atom is 0.256 e. The topological polar surface area (TPSA) is 80.2 Å². The van der Waals surface area contributed by atoms with E-state index in [1.165, 1.54) is 6.92 Å². The molecule has 0 radical (unpaired) electrons. The number of amides is 1. The van der Waals surface area contributed by atoms with Gasteiger partial charge in [-0.05, 0) is 31.9 Å². The van der Waals surface area contributed by atoms with E-state index in [-0.39, 0.29) is 17.8 Å². The summed E-state index contributed by atoms with van der Waals surface area (Å²) in [5, 5.41) is 4.21. The van der Waals surface area contributed by atoms with Crippen molar-refractivity contribution in [2.45, 2.75) is 39.8 Å². The Morgan fingerprint density at radius 3 is 2.84 bits per heavy atom. The van der Waals surface area contributed by atoms with Gasteiger partial charge in [-0.15, -0.1) is 0 Å². The number of nitrogens with one attached hydrogen (secondary N) is 1. The van der Waals surface area contributed by atoms with Gasteiger partial charge in [-0.3, -0.25) is 14.3 Å². The molecule has 1 atom stereocenters. The summed E-state index contributed by atoms with van der Waals surface area (Å²) < 4.78 is 7.70. The second kappa shape index (κ2) is 7.23. The number of nitrogens with zero attached hydrogens (tertiary/aromatic N) is 3. The number of aromatic amines is 1. The Balaban J connectivity index is 1.80. The summed E-state index contributed by atoms with van der Waals surface area (Å²) in [6.45, 7) is 7.56. The van der Waals surface area contributed by atoms with Crippen LogP contribution in [-0.2, 0) is 11.3 Å². The van der Waals surface area contributed by atoms with Crippen LogP contribution in [0.15, 0.2) is 18.5 Å². The number of rotatable bonds is 4. The number of ketones is 1. The summed E-state index contributed by atoms with van der Waals surface area (Å²) in [5.41, 5.74) is 2.58. The fourth-order valence-electron chi connectivity index (χ4n) is 3.39. The summed E-state index contributed by atoms with van der Waals surface area (Å²) in [6.07, 6.45) is 4.32. The molecule has 134 valence electrons. The van der Waals surface area contributed by atoms with Crippen molar-refractivity contribution >= 4 is 11.7 Å². The quantitative estimate of drug-likeness (QED) is 0.860. The van der Waals surface area contributed by atoms with Gasteiger partial charge in [0.15, 0.2) is 5.78 Å². The van der Waals surface area contributed by atoms with Gasteiger partial charge in [0.2, 0.25) is 0 Å². The second-order valence-electron chi connectivity index (χ2n) is 6.51. The van der Waals surface area contributed by atoms with Crippen LogP contribution in [0.5, 0.6) is 0 Å². The number of ether oxygens (including phenoxy) is 1. The standard InChI is InChI=1S/C18H24N4O3/c1-12-16(13(2)20-17(12)14(3)23)18(24)21-7-5-9-25-15(10-21)11-22-8-4-6-19-22/h4,6,8,15,20H,5,7,9-11H2,1-3H3/t15-/m0/s1. The lowest BCUT2D eigenvalue weighted by molar-refractivity contribution is 0.0367. The van der Waals surface area contributed by atoms with Crippen molar-refractivity contribution < 1.29 is 14.3 Å². The highest BCUT2D eigenvalue weighted by Gasteiger charge is 2.28. The molecule has 0 bridgehead atoms. The predicted molar refractivity (Wildman–Crippen MR) is 92.8 cm³/mol. The molecule has 7 nitrogen and oxygen atoms in total. The van der Waals surface area contributed by atoms with E-state index >= 15 is 0 Å². The van der Waals surface area contributed by atoms with Crippen LogP contribution in [0.1, 0.15) is 45.4 Å². The fraction of sp³-hybridized carbons (Fsp3) is 0.500. The Bertz CT molecular complexity index is 764. The molecule has 0 unspecified atom stereocenters. The summed E-state index contributed by atoms with van der Waals surface area (Å²) in [6, 6.07) is 1.87.